The molecule has 0 radical (unpaired) electrons. The maximum Gasteiger partial charge on any atom is 0.330 e. The SMILES string of the molecule is Cc1cc(C(=O)NC2(C(=O)O)CCSC2)sc1Br. The summed E-state index contributed by atoms with van der Waals surface area (Å²) >= 11 is 6.23. The first-order chi connectivity index (χ1) is 8.44. The molecule has 1 aromatic rings. The number of rotatable bonds is 3. The van der Waals surface area contributed by atoms with Gasteiger partial charge >= 0.3 is 5.97 Å². The van der Waals surface area contributed by atoms with Crippen LogP contribution in [0.25, 0.3) is 0 Å². The van der Waals surface area contributed by atoms with Crippen molar-refractivity contribution in [2.24, 2.45) is 0 Å². The smallest absolute Gasteiger partial charge is 0.330 e. The summed E-state index contributed by atoms with van der Waals surface area (Å²) in [6, 6.07) is 1.77. The van der Waals surface area contributed by atoms with Crippen molar-refractivity contribution in [2.45, 2.75) is 18.9 Å². The highest BCUT2D eigenvalue weighted by Crippen LogP contribution is 2.31. The predicted molar refractivity (Wildman–Crippen MR) is 76.5 cm³/mol. The van der Waals surface area contributed by atoms with E-state index in [4.69, 9.17) is 0 Å². The molecule has 1 atom stereocenters. The minimum Gasteiger partial charge on any atom is -0.479 e. The predicted octanol–water partition coefficient (Wildman–Crippen LogP) is 2.51. The Balaban J connectivity index is 2.17. The van der Waals surface area contributed by atoms with Crippen LogP contribution in [0, 0.1) is 6.92 Å². The van der Waals surface area contributed by atoms with Crippen LogP contribution in [0.4, 0.5) is 0 Å². The molecule has 2 rings (SSSR count). The van der Waals surface area contributed by atoms with Crippen molar-refractivity contribution in [2.75, 3.05) is 11.5 Å². The topological polar surface area (TPSA) is 66.4 Å². The highest BCUT2D eigenvalue weighted by atomic mass is 79.9. The van der Waals surface area contributed by atoms with Crippen molar-refractivity contribution in [3.8, 4) is 0 Å². The van der Waals surface area contributed by atoms with Gasteiger partial charge in [-0.1, -0.05) is 0 Å². The van der Waals surface area contributed by atoms with Gasteiger partial charge < -0.3 is 10.4 Å². The minimum absolute atomic E-state index is 0.307. The lowest BCUT2D eigenvalue weighted by molar-refractivity contribution is -0.143. The Morgan fingerprint density at radius 2 is 2.28 bits per heavy atom. The summed E-state index contributed by atoms with van der Waals surface area (Å²) in [6.45, 7) is 1.90. The number of thiophene rings is 1. The molecule has 1 aliphatic heterocycles. The summed E-state index contributed by atoms with van der Waals surface area (Å²) < 4.78 is 0.901. The quantitative estimate of drug-likeness (QED) is 0.879. The average molecular weight is 350 g/mol. The van der Waals surface area contributed by atoms with E-state index in [0.717, 1.165) is 15.1 Å². The number of carbonyl (C=O) groups is 2. The third kappa shape index (κ3) is 2.57. The average Bonchev–Trinajstić information content (AvgIpc) is 2.88. The number of carbonyl (C=O) groups excluding carboxylic acids is 1. The second-order valence-electron chi connectivity index (χ2n) is 4.21. The fraction of sp³-hybridized carbons (Fsp3) is 0.455. The van der Waals surface area contributed by atoms with E-state index < -0.39 is 11.5 Å². The fourth-order valence-corrected chi connectivity index (χ4v) is 4.49. The Kier molecular flexibility index (Phi) is 4.03. The minimum atomic E-state index is -1.11. The number of nitrogens with one attached hydrogen (secondary N) is 1. The Morgan fingerprint density at radius 1 is 1.56 bits per heavy atom. The van der Waals surface area contributed by atoms with Crippen molar-refractivity contribution in [1.29, 1.82) is 0 Å². The summed E-state index contributed by atoms with van der Waals surface area (Å²) in [5.41, 5.74) is -0.123. The van der Waals surface area contributed by atoms with E-state index in [2.05, 4.69) is 21.2 Å². The molecule has 2 N–H and O–H groups in total. The van der Waals surface area contributed by atoms with E-state index in [1.165, 1.54) is 11.3 Å². The van der Waals surface area contributed by atoms with Crippen molar-refractivity contribution in [3.05, 3.63) is 20.3 Å². The van der Waals surface area contributed by atoms with Crippen molar-refractivity contribution in [3.63, 3.8) is 0 Å². The van der Waals surface area contributed by atoms with Crippen LogP contribution >= 0.6 is 39.0 Å². The maximum atomic E-state index is 12.1. The Bertz CT molecular complexity index is 475. The summed E-state index contributed by atoms with van der Waals surface area (Å²) in [7, 11) is 0. The first-order valence-electron chi connectivity index (χ1n) is 5.34. The number of hydrogen-bond acceptors (Lipinski definition) is 4. The van der Waals surface area contributed by atoms with Crippen LogP contribution in [-0.2, 0) is 4.79 Å². The number of carboxylic acids is 1. The summed E-state index contributed by atoms with van der Waals surface area (Å²) in [5, 5.41) is 12.0. The number of aliphatic carboxylic acids is 1. The number of thioether (sulfide) groups is 1. The van der Waals surface area contributed by atoms with Gasteiger partial charge in [0.1, 0.15) is 5.54 Å². The van der Waals surface area contributed by atoms with Gasteiger partial charge in [-0.25, -0.2) is 4.79 Å². The van der Waals surface area contributed by atoms with Crippen LogP contribution in [0.5, 0.6) is 0 Å². The van der Waals surface area contributed by atoms with Crippen LogP contribution in [-0.4, -0.2) is 34.0 Å². The molecule has 1 fully saturated rings. The van der Waals surface area contributed by atoms with E-state index in [0.29, 0.717) is 17.1 Å². The second kappa shape index (κ2) is 5.22. The van der Waals surface area contributed by atoms with Gasteiger partial charge in [-0.2, -0.15) is 11.8 Å². The molecule has 0 spiro atoms. The molecule has 0 aliphatic carbocycles. The lowest BCUT2D eigenvalue weighted by Gasteiger charge is -2.24. The Morgan fingerprint density at radius 3 is 2.72 bits per heavy atom. The lowest BCUT2D eigenvalue weighted by Crippen LogP contribution is -2.54. The molecule has 0 bridgehead atoms. The van der Waals surface area contributed by atoms with Crippen LogP contribution < -0.4 is 5.32 Å². The van der Waals surface area contributed by atoms with Gasteiger partial charge in [0.2, 0.25) is 0 Å². The molecule has 2 heterocycles. The highest BCUT2D eigenvalue weighted by Gasteiger charge is 2.43. The zero-order valence-corrected chi connectivity index (χ0v) is 12.9. The summed E-state index contributed by atoms with van der Waals surface area (Å²) in [6.07, 6.45) is 0.476. The van der Waals surface area contributed by atoms with E-state index >= 15 is 0 Å². The molecule has 0 aromatic carbocycles. The number of hydrogen-bond donors (Lipinski definition) is 2. The van der Waals surface area contributed by atoms with E-state index in [9.17, 15) is 14.7 Å². The van der Waals surface area contributed by atoms with Crippen molar-refractivity contribution >= 4 is 50.9 Å². The molecule has 7 heteroatoms. The van der Waals surface area contributed by atoms with Gasteiger partial charge in [0.25, 0.3) is 5.91 Å². The van der Waals surface area contributed by atoms with Gasteiger partial charge in [0.05, 0.1) is 8.66 Å². The normalized spacial score (nSPS) is 23.0. The number of amides is 1. The third-order valence-electron chi connectivity index (χ3n) is 2.86. The first kappa shape index (κ1) is 13.9. The van der Waals surface area contributed by atoms with Gasteiger partial charge in [0.15, 0.2) is 0 Å². The largest absolute Gasteiger partial charge is 0.479 e. The number of halogens is 1. The van der Waals surface area contributed by atoms with Crippen molar-refractivity contribution in [1.82, 2.24) is 5.32 Å². The van der Waals surface area contributed by atoms with E-state index in [-0.39, 0.29) is 5.91 Å². The standard InChI is InChI=1S/C11H12BrNO3S2/c1-6-4-7(18-8(6)12)9(14)13-11(10(15)16)2-3-17-5-11/h4H,2-3,5H2,1H3,(H,13,14)(H,15,16). The molecule has 1 unspecified atom stereocenters. The number of aryl methyl sites for hydroxylation is 1. The lowest BCUT2D eigenvalue weighted by atomic mass is 9.99. The zero-order valence-electron chi connectivity index (χ0n) is 9.66. The molecule has 1 aliphatic rings. The van der Waals surface area contributed by atoms with Crippen LogP contribution in [0.3, 0.4) is 0 Å². The van der Waals surface area contributed by atoms with E-state index in [1.807, 2.05) is 6.92 Å². The Labute approximate surface area is 121 Å². The second-order valence-corrected chi connectivity index (χ2v) is 7.69. The van der Waals surface area contributed by atoms with Crippen LogP contribution in [0.15, 0.2) is 9.85 Å². The molecule has 1 aromatic heterocycles. The van der Waals surface area contributed by atoms with Gasteiger partial charge in [-0.05, 0) is 46.7 Å². The monoisotopic (exact) mass is 349 g/mol. The third-order valence-corrected chi connectivity index (χ3v) is 6.19. The molecule has 1 amide bonds. The van der Waals surface area contributed by atoms with Gasteiger partial charge in [0, 0.05) is 5.75 Å². The van der Waals surface area contributed by atoms with Crippen LogP contribution in [0.2, 0.25) is 0 Å². The summed E-state index contributed by atoms with van der Waals surface area (Å²) in [5.74, 6) is -0.0637. The fourth-order valence-electron chi connectivity index (χ4n) is 1.74. The molecule has 4 nitrogen and oxygen atoms in total. The molecule has 18 heavy (non-hydrogen) atoms. The number of carboxylic acid groups (broad SMARTS) is 1. The van der Waals surface area contributed by atoms with Gasteiger partial charge in [-0.3, -0.25) is 4.79 Å². The molecular weight excluding hydrogens is 338 g/mol. The Hall–Kier alpha value is -0.530. The van der Waals surface area contributed by atoms with Crippen LogP contribution in [0.1, 0.15) is 21.7 Å². The zero-order chi connectivity index (χ0) is 13.3. The van der Waals surface area contributed by atoms with E-state index in [1.54, 1.807) is 17.8 Å². The molecular formula is C11H12BrNO3S2. The van der Waals surface area contributed by atoms with Gasteiger partial charge in [-0.15, -0.1) is 11.3 Å². The molecule has 98 valence electrons. The summed E-state index contributed by atoms with van der Waals surface area (Å²) in [4.78, 5) is 23.9. The first-order valence-corrected chi connectivity index (χ1v) is 8.11. The maximum absolute atomic E-state index is 12.1. The highest BCUT2D eigenvalue weighted by molar-refractivity contribution is 9.11. The molecule has 1 saturated heterocycles. The molecule has 0 saturated carbocycles. The van der Waals surface area contributed by atoms with Crippen molar-refractivity contribution < 1.29 is 14.7 Å².